The fourth-order valence-electron chi connectivity index (χ4n) is 4.79. The molecule has 35 heavy (non-hydrogen) atoms. The van der Waals surface area contributed by atoms with E-state index in [0.29, 0.717) is 17.3 Å². The van der Waals surface area contributed by atoms with Gasteiger partial charge in [-0.2, -0.15) is 4.80 Å². The predicted molar refractivity (Wildman–Crippen MR) is 132 cm³/mol. The van der Waals surface area contributed by atoms with Gasteiger partial charge >= 0.3 is 0 Å². The lowest BCUT2D eigenvalue weighted by molar-refractivity contribution is 0.189. The predicted octanol–water partition coefficient (Wildman–Crippen LogP) is 2.52. The summed E-state index contributed by atoms with van der Waals surface area (Å²) in [6.45, 7) is 2.46. The largest absolute Gasteiger partial charge is 0.365 e. The van der Waals surface area contributed by atoms with Crippen LogP contribution >= 0.6 is 11.6 Å². The lowest BCUT2D eigenvalue weighted by Gasteiger charge is -2.28. The lowest BCUT2D eigenvalue weighted by Crippen LogP contribution is -2.39. The van der Waals surface area contributed by atoms with Gasteiger partial charge in [0.25, 0.3) is 0 Å². The van der Waals surface area contributed by atoms with E-state index in [4.69, 9.17) is 17.3 Å². The van der Waals surface area contributed by atoms with Crippen LogP contribution in [0.4, 0.5) is 10.1 Å². The van der Waals surface area contributed by atoms with Crippen molar-refractivity contribution in [3.63, 3.8) is 0 Å². The molecule has 2 aliphatic heterocycles. The smallest absolute Gasteiger partial charge is 0.207 e. The Kier molecular flexibility index (Phi) is 6.51. The molecule has 0 spiro atoms. The van der Waals surface area contributed by atoms with Gasteiger partial charge in [-0.15, -0.1) is 10.2 Å². The molecular formula is C23H27ClFN7O2S. The van der Waals surface area contributed by atoms with Crippen molar-refractivity contribution in [2.24, 2.45) is 5.73 Å². The molecule has 3 heterocycles. The first kappa shape index (κ1) is 24.1. The van der Waals surface area contributed by atoms with Gasteiger partial charge in [0.2, 0.25) is 5.82 Å². The van der Waals surface area contributed by atoms with Gasteiger partial charge < -0.3 is 15.5 Å². The average Bonchev–Trinajstić information content (AvgIpc) is 3.26. The highest BCUT2D eigenvalue weighted by atomic mass is 35.5. The summed E-state index contributed by atoms with van der Waals surface area (Å²) in [6, 6.07) is 9.26. The Labute approximate surface area is 208 Å². The maximum Gasteiger partial charge on any atom is 0.207 e. The van der Waals surface area contributed by atoms with Gasteiger partial charge in [0.15, 0.2) is 9.84 Å². The summed E-state index contributed by atoms with van der Waals surface area (Å²) in [5.74, 6) is -0.857. The van der Waals surface area contributed by atoms with Gasteiger partial charge in [-0.1, -0.05) is 23.7 Å². The molecule has 1 aromatic heterocycles. The topological polar surface area (TPSA) is 110 Å². The normalized spacial score (nSPS) is 22.6. The molecule has 12 heteroatoms. The fraction of sp³-hybridized carbons (Fsp3) is 0.435. The molecule has 0 saturated carbocycles. The van der Waals surface area contributed by atoms with Crippen molar-refractivity contribution >= 4 is 27.1 Å². The standard InChI is InChI=1S/C23H27ClFN7O2S/c1-30-8-2-3-18(13-30)32-28-23(27-29-32)19-9-21-22(10-20(19)25)35(33,34)14-17(26)12-31(21)11-15-4-6-16(24)7-5-15/h4-7,9-10,17-18H,2-3,8,11-14,26H2,1H3/t17-,18?/m1/s1. The zero-order valence-electron chi connectivity index (χ0n) is 19.3. The first-order chi connectivity index (χ1) is 16.7. The Bertz CT molecular complexity index is 1330. The van der Waals surface area contributed by atoms with Crippen molar-refractivity contribution in [3.8, 4) is 11.4 Å². The summed E-state index contributed by atoms with van der Waals surface area (Å²) in [5, 5.41) is 13.3. The monoisotopic (exact) mass is 519 g/mol. The van der Waals surface area contributed by atoms with Crippen LogP contribution in [-0.4, -0.2) is 72.0 Å². The molecule has 0 amide bonds. The zero-order chi connectivity index (χ0) is 24.7. The summed E-state index contributed by atoms with van der Waals surface area (Å²) >= 11 is 6.02. The molecule has 5 rings (SSSR count). The Morgan fingerprint density at radius 1 is 1.20 bits per heavy atom. The Morgan fingerprint density at radius 2 is 1.97 bits per heavy atom. The van der Waals surface area contributed by atoms with Gasteiger partial charge in [0.05, 0.1) is 27.9 Å². The third-order valence-electron chi connectivity index (χ3n) is 6.49. The summed E-state index contributed by atoms with van der Waals surface area (Å²) in [7, 11) is -1.76. The number of rotatable bonds is 4. The number of fused-ring (bicyclic) bond motifs is 1. The molecule has 3 aromatic rings. The van der Waals surface area contributed by atoms with Crippen LogP contribution in [-0.2, 0) is 16.4 Å². The quantitative estimate of drug-likeness (QED) is 0.560. The minimum Gasteiger partial charge on any atom is -0.365 e. The number of nitrogens with zero attached hydrogens (tertiary/aromatic N) is 6. The van der Waals surface area contributed by atoms with Crippen molar-refractivity contribution in [3.05, 3.63) is 52.8 Å². The third kappa shape index (κ3) is 5.04. The average molecular weight is 520 g/mol. The second kappa shape index (κ2) is 9.45. The highest BCUT2D eigenvalue weighted by molar-refractivity contribution is 7.91. The van der Waals surface area contributed by atoms with Crippen LogP contribution in [0.1, 0.15) is 24.4 Å². The van der Waals surface area contributed by atoms with E-state index in [9.17, 15) is 8.42 Å². The molecule has 2 aliphatic rings. The van der Waals surface area contributed by atoms with E-state index in [2.05, 4.69) is 20.3 Å². The van der Waals surface area contributed by atoms with Gasteiger partial charge in [-0.25, -0.2) is 12.8 Å². The SMILES string of the molecule is CN1CCCC(n2nnc(-c3cc4c(cc3F)S(=O)(=O)C[C@H](N)CN4Cc3ccc(Cl)cc3)n2)C1. The number of benzene rings is 2. The van der Waals surface area contributed by atoms with E-state index in [1.807, 2.05) is 24.1 Å². The van der Waals surface area contributed by atoms with Crippen molar-refractivity contribution in [1.29, 1.82) is 0 Å². The number of halogens is 2. The first-order valence-corrected chi connectivity index (χ1v) is 13.5. The number of nitrogens with two attached hydrogens (primary N) is 1. The molecule has 0 radical (unpaired) electrons. The van der Waals surface area contributed by atoms with E-state index < -0.39 is 21.7 Å². The lowest BCUT2D eigenvalue weighted by atomic mass is 10.1. The molecule has 9 nitrogen and oxygen atoms in total. The van der Waals surface area contributed by atoms with E-state index in [1.165, 1.54) is 10.9 Å². The molecule has 1 unspecified atom stereocenters. The van der Waals surface area contributed by atoms with E-state index in [0.717, 1.165) is 37.6 Å². The molecular weight excluding hydrogens is 493 g/mol. The second-order valence-corrected chi connectivity index (χ2v) is 11.8. The minimum atomic E-state index is -3.79. The van der Waals surface area contributed by atoms with E-state index >= 15 is 4.39 Å². The van der Waals surface area contributed by atoms with Crippen LogP contribution in [0, 0.1) is 5.82 Å². The molecule has 2 N–H and O–H groups in total. The van der Waals surface area contributed by atoms with Crippen molar-refractivity contribution in [2.75, 3.05) is 37.3 Å². The van der Waals surface area contributed by atoms with Gasteiger partial charge in [-0.05, 0) is 61.5 Å². The first-order valence-electron chi connectivity index (χ1n) is 11.5. The number of likely N-dealkylation sites (tertiary alicyclic amines) is 1. The zero-order valence-corrected chi connectivity index (χ0v) is 20.9. The van der Waals surface area contributed by atoms with Crippen LogP contribution in [0.2, 0.25) is 5.02 Å². The van der Waals surface area contributed by atoms with Crippen molar-refractivity contribution < 1.29 is 12.8 Å². The Balaban J connectivity index is 1.55. The van der Waals surface area contributed by atoms with Crippen molar-refractivity contribution in [2.45, 2.75) is 36.4 Å². The van der Waals surface area contributed by atoms with Crippen LogP contribution < -0.4 is 10.6 Å². The number of hydrogen-bond donors (Lipinski definition) is 1. The molecule has 0 bridgehead atoms. The van der Waals surface area contributed by atoms with E-state index in [-0.39, 0.29) is 34.6 Å². The highest BCUT2D eigenvalue weighted by Crippen LogP contribution is 2.36. The number of sulfone groups is 1. The summed E-state index contributed by atoms with van der Waals surface area (Å²) in [4.78, 5) is 5.51. The third-order valence-corrected chi connectivity index (χ3v) is 8.61. The van der Waals surface area contributed by atoms with Gasteiger partial charge in [0.1, 0.15) is 5.82 Å². The van der Waals surface area contributed by atoms with Crippen molar-refractivity contribution in [1.82, 2.24) is 25.1 Å². The Morgan fingerprint density at radius 3 is 2.71 bits per heavy atom. The van der Waals surface area contributed by atoms with Crippen LogP contribution in [0.25, 0.3) is 11.4 Å². The van der Waals surface area contributed by atoms with E-state index in [1.54, 1.807) is 12.1 Å². The highest BCUT2D eigenvalue weighted by Gasteiger charge is 2.32. The maximum atomic E-state index is 15.3. The minimum absolute atomic E-state index is 0.0543. The maximum absolute atomic E-state index is 15.3. The molecule has 1 saturated heterocycles. The van der Waals surface area contributed by atoms with Gasteiger partial charge in [-0.3, -0.25) is 0 Å². The molecule has 0 aliphatic carbocycles. The molecule has 1 fully saturated rings. The molecule has 2 aromatic carbocycles. The number of piperidine rings is 1. The number of tetrazole rings is 1. The van der Waals surface area contributed by atoms with Crippen LogP contribution in [0.5, 0.6) is 0 Å². The molecule has 186 valence electrons. The number of anilines is 1. The number of likely N-dealkylation sites (N-methyl/N-ethyl adjacent to an activating group) is 1. The summed E-state index contributed by atoms with van der Waals surface area (Å²) in [5.41, 5.74) is 7.56. The van der Waals surface area contributed by atoms with Crippen LogP contribution in [0.15, 0.2) is 41.3 Å². The Hall–Kier alpha value is -2.60. The van der Waals surface area contributed by atoms with Crippen LogP contribution in [0.3, 0.4) is 0 Å². The molecule has 2 atom stereocenters. The fourth-order valence-corrected chi connectivity index (χ4v) is 6.56. The summed E-state index contributed by atoms with van der Waals surface area (Å²) in [6.07, 6.45) is 1.93. The number of aromatic nitrogens is 4. The number of hydrogen-bond acceptors (Lipinski definition) is 8. The van der Waals surface area contributed by atoms with Gasteiger partial charge in [0, 0.05) is 30.7 Å². The summed E-state index contributed by atoms with van der Waals surface area (Å²) < 4.78 is 41.4. The second-order valence-electron chi connectivity index (χ2n) is 9.34.